The lowest BCUT2D eigenvalue weighted by Gasteiger charge is -2.19. The highest BCUT2D eigenvalue weighted by Crippen LogP contribution is 2.35. The van der Waals surface area contributed by atoms with Gasteiger partial charge in [0.25, 0.3) is 0 Å². The molecule has 2 rings (SSSR count). The highest BCUT2D eigenvalue weighted by atomic mass is 35.5. The van der Waals surface area contributed by atoms with Gasteiger partial charge in [-0.05, 0) is 18.1 Å². The molecular weight excluding hydrogens is 200 g/mol. The first-order valence-electron chi connectivity index (χ1n) is 4.71. The number of aryl methyl sites for hydroxylation is 1. The molecular formula is C11H11ClO2. The molecule has 0 atom stereocenters. The third-order valence-electron chi connectivity index (χ3n) is 2.43. The predicted octanol–water partition coefficient (Wildman–Crippen LogP) is 2.87. The molecule has 1 aliphatic heterocycles. The van der Waals surface area contributed by atoms with E-state index in [-0.39, 0.29) is 5.78 Å². The Kier molecular flexibility index (Phi) is 2.46. The smallest absolute Gasteiger partial charge is 0.170 e. The van der Waals surface area contributed by atoms with E-state index in [4.69, 9.17) is 16.3 Å². The van der Waals surface area contributed by atoms with Gasteiger partial charge in [-0.2, -0.15) is 0 Å². The Hall–Kier alpha value is -1.02. The Balaban J connectivity index is 2.64. The van der Waals surface area contributed by atoms with E-state index in [0.717, 1.165) is 12.0 Å². The van der Waals surface area contributed by atoms with Crippen molar-refractivity contribution in [3.63, 3.8) is 0 Å². The Morgan fingerprint density at radius 1 is 1.50 bits per heavy atom. The zero-order valence-electron chi connectivity index (χ0n) is 7.97. The average molecular weight is 211 g/mol. The minimum Gasteiger partial charge on any atom is -0.491 e. The van der Waals surface area contributed by atoms with Crippen LogP contribution < -0.4 is 4.74 Å². The van der Waals surface area contributed by atoms with Crippen LogP contribution in [-0.2, 0) is 6.42 Å². The molecule has 0 N–H and O–H groups in total. The predicted molar refractivity (Wildman–Crippen MR) is 55.3 cm³/mol. The molecule has 0 saturated heterocycles. The highest BCUT2D eigenvalue weighted by Gasteiger charge is 2.23. The van der Waals surface area contributed by atoms with E-state index in [9.17, 15) is 4.79 Å². The third-order valence-corrected chi connectivity index (χ3v) is 2.73. The van der Waals surface area contributed by atoms with Crippen LogP contribution in [0, 0.1) is 0 Å². The molecule has 0 unspecified atom stereocenters. The number of carbonyl (C=O) groups is 1. The molecule has 0 fully saturated rings. The van der Waals surface area contributed by atoms with Crippen molar-refractivity contribution in [2.75, 3.05) is 6.61 Å². The van der Waals surface area contributed by atoms with Gasteiger partial charge in [0.15, 0.2) is 5.78 Å². The number of benzene rings is 1. The van der Waals surface area contributed by atoms with Gasteiger partial charge in [0.05, 0.1) is 17.2 Å². The number of ketones is 1. The van der Waals surface area contributed by atoms with Gasteiger partial charge in [-0.15, -0.1) is 0 Å². The number of fused-ring (bicyclic) bond motifs is 1. The molecule has 14 heavy (non-hydrogen) atoms. The van der Waals surface area contributed by atoms with Crippen LogP contribution in [0.1, 0.15) is 29.3 Å². The van der Waals surface area contributed by atoms with E-state index in [1.165, 1.54) is 0 Å². The zero-order chi connectivity index (χ0) is 10.1. The summed E-state index contributed by atoms with van der Waals surface area (Å²) in [7, 11) is 0. The van der Waals surface area contributed by atoms with Crippen LogP contribution in [0.4, 0.5) is 0 Å². The molecule has 0 amide bonds. The minimum atomic E-state index is 0.144. The first-order valence-corrected chi connectivity index (χ1v) is 5.09. The van der Waals surface area contributed by atoms with E-state index in [1.807, 2.05) is 13.0 Å². The van der Waals surface area contributed by atoms with Crippen molar-refractivity contribution < 1.29 is 9.53 Å². The second-order valence-electron chi connectivity index (χ2n) is 3.29. The number of ether oxygens (including phenoxy) is 1. The van der Waals surface area contributed by atoms with Crippen molar-refractivity contribution in [3.8, 4) is 5.75 Å². The molecule has 0 bridgehead atoms. The standard InChI is InChI=1S/C11H11ClO2/c1-2-7-3-4-8(12)11-10(7)9(13)5-6-14-11/h3-4H,2,5-6H2,1H3. The summed E-state index contributed by atoms with van der Waals surface area (Å²) in [6.45, 7) is 2.46. The van der Waals surface area contributed by atoms with Crippen molar-refractivity contribution in [2.45, 2.75) is 19.8 Å². The molecule has 1 aromatic carbocycles. The fraction of sp³-hybridized carbons (Fsp3) is 0.364. The number of halogens is 1. The van der Waals surface area contributed by atoms with Gasteiger partial charge in [-0.3, -0.25) is 4.79 Å². The van der Waals surface area contributed by atoms with Gasteiger partial charge in [-0.1, -0.05) is 24.6 Å². The number of rotatable bonds is 1. The van der Waals surface area contributed by atoms with Gasteiger partial charge < -0.3 is 4.74 Å². The van der Waals surface area contributed by atoms with E-state index < -0.39 is 0 Å². The van der Waals surface area contributed by atoms with Crippen LogP contribution in [0.25, 0.3) is 0 Å². The van der Waals surface area contributed by atoms with Gasteiger partial charge in [0.1, 0.15) is 5.75 Å². The molecule has 0 saturated carbocycles. The summed E-state index contributed by atoms with van der Waals surface area (Å²) in [5, 5.41) is 0.533. The molecule has 0 aliphatic carbocycles. The van der Waals surface area contributed by atoms with Crippen LogP contribution in [-0.4, -0.2) is 12.4 Å². The summed E-state index contributed by atoms with van der Waals surface area (Å²) in [5.41, 5.74) is 1.71. The van der Waals surface area contributed by atoms with Gasteiger partial charge in [-0.25, -0.2) is 0 Å². The van der Waals surface area contributed by atoms with Crippen LogP contribution >= 0.6 is 11.6 Å². The average Bonchev–Trinajstić information content (AvgIpc) is 2.20. The monoisotopic (exact) mass is 210 g/mol. The van der Waals surface area contributed by atoms with Crippen LogP contribution in [0.3, 0.4) is 0 Å². The van der Waals surface area contributed by atoms with Crippen molar-refractivity contribution in [1.29, 1.82) is 0 Å². The maximum Gasteiger partial charge on any atom is 0.170 e. The van der Waals surface area contributed by atoms with Crippen molar-refractivity contribution in [1.82, 2.24) is 0 Å². The van der Waals surface area contributed by atoms with Crippen molar-refractivity contribution in [3.05, 3.63) is 28.3 Å². The molecule has 3 heteroatoms. The quantitative estimate of drug-likeness (QED) is 0.713. The highest BCUT2D eigenvalue weighted by molar-refractivity contribution is 6.32. The summed E-state index contributed by atoms with van der Waals surface area (Å²) in [6.07, 6.45) is 1.29. The normalized spacial score (nSPS) is 14.9. The fourth-order valence-electron chi connectivity index (χ4n) is 1.71. The Bertz CT molecular complexity index is 385. The van der Waals surface area contributed by atoms with Gasteiger partial charge in [0.2, 0.25) is 0 Å². The molecule has 0 aromatic heterocycles. The molecule has 1 heterocycles. The number of Topliss-reactive ketones (excluding diaryl/α,β-unsaturated/α-hetero) is 1. The van der Waals surface area contributed by atoms with Gasteiger partial charge in [0, 0.05) is 6.42 Å². The summed E-state index contributed by atoms with van der Waals surface area (Å²) in [5.74, 6) is 0.716. The Morgan fingerprint density at radius 2 is 2.29 bits per heavy atom. The molecule has 2 nitrogen and oxygen atoms in total. The molecule has 1 aromatic rings. The fourth-order valence-corrected chi connectivity index (χ4v) is 1.92. The zero-order valence-corrected chi connectivity index (χ0v) is 8.73. The lowest BCUT2D eigenvalue weighted by Crippen LogP contribution is -2.17. The lowest BCUT2D eigenvalue weighted by atomic mass is 9.97. The summed E-state index contributed by atoms with van der Waals surface area (Å²) >= 11 is 5.96. The summed E-state index contributed by atoms with van der Waals surface area (Å²) < 4.78 is 5.41. The first-order chi connectivity index (χ1) is 6.74. The van der Waals surface area contributed by atoms with E-state index in [1.54, 1.807) is 6.07 Å². The molecule has 0 radical (unpaired) electrons. The second-order valence-corrected chi connectivity index (χ2v) is 3.69. The topological polar surface area (TPSA) is 26.3 Å². The molecule has 0 spiro atoms. The Morgan fingerprint density at radius 3 is 3.00 bits per heavy atom. The third kappa shape index (κ3) is 1.40. The summed E-state index contributed by atoms with van der Waals surface area (Å²) in [4.78, 5) is 11.7. The SMILES string of the molecule is CCc1ccc(Cl)c2c1C(=O)CCO2. The maximum absolute atomic E-state index is 11.7. The molecule has 1 aliphatic rings. The first kappa shape index (κ1) is 9.53. The number of carbonyl (C=O) groups excluding carboxylic acids is 1. The maximum atomic E-state index is 11.7. The van der Waals surface area contributed by atoms with E-state index >= 15 is 0 Å². The molecule has 74 valence electrons. The number of hydrogen-bond acceptors (Lipinski definition) is 2. The number of hydrogen-bond donors (Lipinski definition) is 0. The summed E-state index contributed by atoms with van der Waals surface area (Å²) in [6, 6.07) is 3.69. The van der Waals surface area contributed by atoms with E-state index in [0.29, 0.717) is 29.4 Å². The van der Waals surface area contributed by atoms with Crippen LogP contribution in [0.15, 0.2) is 12.1 Å². The van der Waals surface area contributed by atoms with E-state index in [2.05, 4.69) is 0 Å². The largest absolute Gasteiger partial charge is 0.491 e. The van der Waals surface area contributed by atoms with Crippen molar-refractivity contribution in [2.24, 2.45) is 0 Å². The van der Waals surface area contributed by atoms with Crippen LogP contribution in [0.5, 0.6) is 5.75 Å². The second kappa shape index (κ2) is 3.62. The lowest BCUT2D eigenvalue weighted by molar-refractivity contribution is 0.0932. The Labute approximate surface area is 87.8 Å². The van der Waals surface area contributed by atoms with Crippen molar-refractivity contribution >= 4 is 17.4 Å². The van der Waals surface area contributed by atoms with Gasteiger partial charge >= 0.3 is 0 Å². The van der Waals surface area contributed by atoms with Crippen LogP contribution in [0.2, 0.25) is 5.02 Å². The minimum absolute atomic E-state index is 0.144.